The standard InChI is InChI=1S/C14H17Cl2N3O2/c1-3-19-8-12(18(2)14(19)21)13(20)17-7-9-4-5-10(15)6-11(9)16/h4-6,12H,3,7-8H2,1-2H3,(H,17,20). The van der Waals surface area contributed by atoms with Crippen molar-refractivity contribution in [3.63, 3.8) is 0 Å². The highest BCUT2D eigenvalue weighted by Gasteiger charge is 2.37. The molecule has 1 aliphatic rings. The van der Waals surface area contributed by atoms with Crippen molar-refractivity contribution in [1.29, 1.82) is 0 Å². The first-order valence-electron chi connectivity index (χ1n) is 6.67. The topological polar surface area (TPSA) is 52.7 Å². The molecular formula is C14H17Cl2N3O2. The van der Waals surface area contributed by atoms with Gasteiger partial charge in [-0.2, -0.15) is 0 Å². The lowest BCUT2D eigenvalue weighted by atomic mass is 10.2. The van der Waals surface area contributed by atoms with Crippen LogP contribution >= 0.6 is 23.2 Å². The molecule has 1 unspecified atom stereocenters. The molecule has 1 aliphatic heterocycles. The van der Waals surface area contributed by atoms with Crippen molar-refractivity contribution in [2.24, 2.45) is 0 Å². The fourth-order valence-corrected chi connectivity index (χ4v) is 2.73. The van der Waals surface area contributed by atoms with Crippen molar-refractivity contribution in [1.82, 2.24) is 15.1 Å². The SMILES string of the molecule is CCN1CC(C(=O)NCc2ccc(Cl)cc2Cl)N(C)C1=O. The molecular weight excluding hydrogens is 313 g/mol. The minimum atomic E-state index is -0.469. The van der Waals surface area contributed by atoms with E-state index >= 15 is 0 Å². The molecule has 1 aromatic carbocycles. The van der Waals surface area contributed by atoms with Gasteiger partial charge in [-0.3, -0.25) is 4.79 Å². The number of hydrogen-bond donors (Lipinski definition) is 1. The zero-order valence-electron chi connectivity index (χ0n) is 11.9. The van der Waals surface area contributed by atoms with Gasteiger partial charge in [-0.25, -0.2) is 4.79 Å². The van der Waals surface area contributed by atoms with E-state index in [4.69, 9.17) is 23.2 Å². The number of rotatable bonds is 4. The van der Waals surface area contributed by atoms with Gasteiger partial charge in [0.05, 0.1) is 6.54 Å². The Morgan fingerprint density at radius 1 is 1.43 bits per heavy atom. The Morgan fingerprint density at radius 3 is 2.71 bits per heavy atom. The largest absolute Gasteiger partial charge is 0.350 e. The maximum atomic E-state index is 12.2. The number of carbonyl (C=O) groups is 2. The Morgan fingerprint density at radius 2 is 2.14 bits per heavy atom. The maximum absolute atomic E-state index is 12.2. The smallest absolute Gasteiger partial charge is 0.320 e. The highest BCUT2D eigenvalue weighted by Crippen LogP contribution is 2.21. The van der Waals surface area contributed by atoms with Crippen molar-refractivity contribution in [2.45, 2.75) is 19.5 Å². The third-order valence-electron chi connectivity index (χ3n) is 3.59. The number of likely N-dealkylation sites (N-methyl/N-ethyl adjacent to an activating group) is 2. The fourth-order valence-electron chi connectivity index (χ4n) is 2.25. The normalized spacial score (nSPS) is 18.3. The molecule has 5 nitrogen and oxygen atoms in total. The molecule has 0 spiro atoms. The van der Waals surface area contributed by atoms with E-state index in [0.29, 0.717) is 29.7 Å². The highest BCUT2D eigenvalue weighted by atomic mass is 35.5. The van der Waals surface area contributed by atoms with Gasteiger partial charge in [0, 0.05) is 30.2 Å². The summed E-state index contributed by atoms with van der Waals surface area (Å²) < 4.78 is 0. The second-order valence-corrected chi connectivity index (χ2v) is 5.75. The molecule has 2 rings (SSSR count). The average Bonchev–Trinajstić information content (AvgIpc) is 2.74. The fraction of sp³-hybridized carbons (Fsp3) is 0.429. The van der Waals surface area contributed by atoms with E-state index < -0.39 is 6.04 Å². The lowest BCUT2D eigenvalue weighted by Gasteiger charge is -2.17. The molecule has 21 heavy (non-hydrogen) atoms. The first kappa shape index (κ1) is 15.9. The number of amides is 3. The Bertz CT molecular complexity index is 565. The van der Waals surface area contributed by atoms with Crippen LogP contribution in [0.3, 0.4) is 0 Å². The second-order valence-electron chi connectivity index (χ2n) is 4.90. The van der Waals surface area contributed by atoms with Gasteiger partial charge in [0.1, 0.15) is 6.04 Å². The van der Waals surface area contributed by atoms with Crippen molar-refractivity contribution in [3.05, 3.63) is 33.8 Å². The zero-order valence-corrected chi connectivity index (χ0v) is 13.4. The van der Waals surface area contributed by atoms with Crippen molar-refractivity contribution in [2.75, 3.05) is 20.1 Å². The van der Waals surface area contributed by atoms with Crippen LogP contribution in [0.15, 0.2) is 18.2 Å². The van der Waals surface area contributed by atoms with Crippen LogP contribution in [0.1, 0.15) is 12.5 Å². The summed E-state index contributed by atoms with van der Waals surface area (Å²) in [4.78, 5) is 27.2. The van der Waals surface area contributed by atoms with Crippen LogP contribution < -0.4 is 5.32 Å². The summed E-state index contributed by atoms with van der Waals surface area (Å²) in [5.74, 6) is -0.187. The van der Waals surface area contributed by atoms with Gasteiger partial charge in [-0.1, -0.05) is 29.3 Å². The zero-order chi connectivity index (χ0) is 15.6. The average molecular weight is 330 g/mol. The minimum absolute atomic E-state index is 0.123. The van der Waals surface area contributed by atoms with Gasteiger partial charge in [0.15, 0.2) is 0 Å². The van der Waals surface area contributed by atoms with Gasteiger partial charge < -0.3 is 15.1 Å². The van der Waals surface area contributed by atoms with Crippen LogP contribution in [0.4, 0.5) is 4.79 Å². The summed E-state index contributed by atoms with van der Waals surface area (Å²) in [5, 5.41) is 3.87. The second kappa shape index (κ2) is 6.54. The first-order chi connectivity index (χ1) is 9.93. The molecule has 1 N–H and O–H groups in total. The molecule has 114 valence electrons. The van der Waals surface area contributed by atoms with Crippen LogP contribution in [0, 0.1) is 0 Å². The summed E-state index contributed by atoms with van der Waals surface area (Å²) in [7, 11) is 1.64. The number of hydrogen-bond acceptors (Lipinski definition) is 2. The third kappa shape index (κ3) is 3.41. The van der Waals surface area contributed by atoms with E-state index in [1.807, 2.05) is 6.92 Å². The number of benzene rings is 1. The van der Waals surface area contributed by atoms with E-state index in [1.54, 1.807) is 30.1 Å². The maximum Gasteiger partial charge on any atom is 0.320 e. The molecule has 0 radical (unpaired) electrons. The molecule has 1 atom stereocenters. The molecule has 3 amide bonds. The lowest BCUT2D eigenvalue weighted by Crippen LogP contribution is -2.43. The number of urea groups is 1. The van der Waals surface area contributed by atoms with Crippen molar-refractivity contribution in [3.8, 4) is 0 Å². The van der Waals surface area contributed by atoms with Gasteiger partial charge in [-0.05, 0) is 24.6 Å². The summed E-state index contributed by atoms with van der Waals surface area (Å²) in [5.41, 5.74) is 0.786. The molecule has 1 saturated heterocycles. The monoisotopic (exact) mass is 329 g/mol. The number of nitrogens with zero attached hydrogens (tertiary/aromatic N) is 2. The molecule has 0 saturated carbocycles. The Balaban J connectivity index is 1.97. The summed E-state index contributed by atoms with van der Waals surface area (Å²) >= 11 is 11.9. The van der Waals surface area contributed by atoms with Crippen LogP contribution in [-0.2, 0) is 11.3 Å². The summed E-state index contributed by atoms with van der Waals surface area (Å²) in [6.45, 7) is 3.20. The van der Waals surface area contributed by atoms with Crippen LogP contribution in [0.25, 0.3) is 0 Å². The van der Waals surface area contributed by atoms with E-state index in [9.17, 15) is 9.59 Å². The van der Waals surface area contributed by atoms with Crippen LogP contribution in [0.2, 0.25) is 10.0 Å². The molecule has 1 fully saturated rings. The van der Waals surface area contributed by atoms with Crippen molar-refractivity contribution >= 4 is 35.1 Å². The van der Waals surface area contributed by atoms with E-state index in [0.717, 1.165) is 5.56 Å². The molecule has 1 aromatic rings. The van der Waals surface area contributed by atoms with Gasteiger partial charge in [-0.15, -0.1) is 0 Å². The Kier molecular flexibility index (Phi) is 4.96. The van der Waals surface area contributed by atoms with Crippen LogP contribution in [-0.4, -0.2) is 47.9 Å². The van der Waals surface area contributed by atoms with Gasteiger partial charge in [0.25, 0.3) is 0 Å². The van der Waals surface area contributed by atoms with E-state index in [-0.39, 0.29) is 11.9 Å². The molecule has 1 heterocycles. The van der Waals surface area contributed by atoms with E-state index in [1.165, 1.54) is 4.90 Å². The molecule has 7 heteroatoms. The quantitative estimate of drug-likeness (QED) is 0.921. The third-order valence-corrected chi connectivity index (χ3v) is 4.17. The molecule has 0 bridgehead atoms. The predicted molar refractivity (Wildman–Crippen MR) is 82.5 cm³/mol. The van der Waals surface area contributed by atoms with Gasteiger partial charge in [0.2, 0.25) is 5.91 Å². The van der Waals surface area contributed by atoms with Crippen molar-refractivity contribution < 1.29 is 9.59 Å². The lowest BCUT2D eigenvalue weighted by molar-refractivity contribution is -0.124. The Labute approximate surface area is 133 Å². The number of nitrogens with one attached hydrogen (secondary N) is 1. The first-order valence-corrected chi connectivity index (χ1v) is 7.43. The van der Waals surface area contributed by atoms with E-state index in [2.05, 4.69) is 5.32 Å². The number of carbonyl (C=O) groups excluding carboxylic acids is 2. The summed E-state index contributed by atoms with van der Waals surface area (Å²) in [6.07, 6.45) is 0. The van der Waals surface area contributed by atoms with Gasteiger partial charge >= 0.3 is 6.03 Å². The highest BCUT2D eigenvalue weighted by molar-refractivity contribution is 6.35. The Hall–Kier alpha value is -1.46. The molecule has 0 aliphatic carbocycles. The number of halogens is 2. The summed E-state index contributed by atoms with van der Waals surface area (Å²) in [6, 6.07) is 4.53. The minimum Gasteiger partial charge on any atom is -0.350 e. The predicted octanol–water partition coefficient (Wildman–Crippen LogP) is 2.37. The molecule has 0 aromatic heterocycles. The van der Waals surface area contributed by atoms with Crippen LogP contribution in [0.5, 0.6) is 0 Å².